The molecule has 1 aliphatic heterocycles. The van der Waals surface area contributed by atoms with Gasteiger partial charge in [0.15, 0.2) is 0 Å². The molecule has 0 aromatic carbocycles. The van der Waals surface area contributed by atoms with E-state index >= 15 is 0 Å². The van der Waals surface area contributed by atoms with Gasteiger partial charge in [-0.15, -0.1) is 0 Å². The molecule has 1 saturated heterocycles. The largest absolute Gasteiger partial charge is 0.345 e. The number of nitrogens with two attached hydrogens (primary N) is 1. The van der Waals surface area contributed by atoms with E-state index in [0.29, 0.717) is 13.0 Å². The lowest BCUT2D eigenvalue weighted by Crippen LogP contribution is -2.45. The van der Waals surface area contributed by atoms with Crippen molar-refractivity contribution in [1.82, 2.24) is 10.6 Å². The van der Waals surface area contributed by atoms with Crippen LogP contribution < -0.4 is 16.4 Å². The van der Waals surface area contributed by atoms with E-state index in [-0.39, 0.29) is 18.0 Å². The first-order valence-electron chi connectivity index (χ1n) is 5.97. The lowest BCUT2D eigenvalue weighted by molar-refractivity contribution is -0.125. The Morgan fingerprint density at radius 1 is 1.56 bits per heavy atom. The van der Waals surface area contributed by atoms with Crippen molar-refractivity contribution in [1.29, 1.82) is 0 Å². The lowest BCUT2D eigenvalue weighted by Gasteiger charge is -2.16. The molecule has 4 N–H and O–H groups in total. The van der Waals surface area contributed by atoms with Gasteiger partial charge in [0.05, 0.1) is 12.1 Å². The molecule has 0 unspecified atom stereocenters. The number of rotatable bonds is 7. The molecule has 0 radical (unpaired) electrons. The molecule has 1 fully saturated rings. The van der Waals surface area contributed by atoms with Crippen LogP contribution in [-0.4, -0.2) is 37.4 Å². The van der Waals surface area contributed by atoms with Crippen molar-refractivity contribution in [3.63, 3.8) is 0 Å². The van der Waals surface area contributed by atoms with E-state index in [1.807, 2.05) is 0 Å². The van der Waals surface area contributed by atoms with Gasteiger partial charge in [0.2, 0.25) is 5.91 Å². The summed E-state index contributed by atoms with van der Waals surface area (Å²) in [5.74, 6) is -0.0534. The zero-order chi connectivity index (χ0) is 11.8. The Morgan fingerprint density at radius 2 is 2.38 bits per heavy atom. The molecule has 0 aliphatic carbocycles. The van der Waals surface area contributed by atoms with Crippen LogP contribution in [0, 0.1) is 0 Å². The van der Waals surface area contributed by atoms with Gasteiger partial charge in [0, 0.05) is 0 Å². The summed E-state index contributed by atoms with van der Waals surface area (Å²) in [7, 11) is 0. The van der Waals surface area contributed by atoms with E-state index in [4.69, 9.17) is 5.73 Å². The highest BCUT2D eigenvalue weighted by Crippen LogP contribution is 2.06. The molecule has 16 heavy (non-hydrogen) atoms. The van der Waals surface area contributed by atoms with Crippen molar-refractivity contribution >= 4 is 12.2 Å². The van der Waals surface area contributed by atoms with E-state index in [0.717, 1.165) is 38.5 Å². The Labute approximate surface area is 96.1 Å². The number of amides is 1. The van der Waals surface area contributed by atoms with Crippen LogP contribution in [0.15, 0.2) is 0 Å². The highest BCUT2D eigenvalue weighted by Gasteiger charge is 2.23. The van der Waals surface area contributed by atoms with Crippen LogP contribution in [0.2, 0.25) is 0 Å². The maximum atomic E-state index is 11.7. The fraction of sp³-hybridized carbons (Fsp3) is 0.818. The maximum absolute atomic E-state index is 11.7. The molecule has 1 aliphatic rings. The summed E-state index contributed by atoms with van der Waals surface area (Å²) in [5.41, 5.74) is 5.37. The number of hydrogen-bond acceptors (Lipinski definition) is 4. The summed E-state index contributed by atoms with van der Waals surface area (Å²) >= 11 is 0. The third-order valence-corrected chi connectivity index (χ3v) is 2.84. The van der Waals surface area contributed by atoms with Crippen molar-refractivity contribution in [2.75, 3.05) is 13.1 Å². The van der Waals surface area contributed by atoms with Gasteiger partial charge in [0.25, 0.3) is 0 Å². The number of aldehydes is 1. The maximum Gasteiger partial charge on any atom is 0.237 e. The molecule has 0 spiro atoms. The van der Waals surface area contributed by atoms with Crippen molar-refractivity contribution in [3.8, 4) is 0 Å². The highest BCUT2D eigenvalue weighted by molar-refractivity contribution is 5.84. The van der Waals surface area contributed by atoms with Gasteiger partial charge < -0.3 is 21.2 Å². The smallest absolute Gasteiger partial charge is 0.237 e. The van der Waals surface area contributed by atoms with Crippen LogP contribution in [0.4, 0.5) is 0 Å². The molecular formula is C11H21N3O2. The predicted molar refractivity (Wildman–Crippen MR) is 61.9 cm³/mol. The van der Waals surface area contributed by atoms with E-state index < -0.39 is 0 Å². The minimum Gasteiger partial charge on any atom is -0.345 e. The third-order valence-electron chi connectivity index (χ3n) is 2.84. The molecular weight excluding hydrogens is 206 g/mol. The van der Waals surface area contributed by atoms with E-state index in [1.165, 1.54) is 0 Å². The van der Waals surface area contributed by atoms with Crippen LogP contribution in [0.25, 0.3) is 0 Å². The van der Waals surface area contributed by atoms with Gasteiger partial charge in [-0.1, -0.05) is 0 Å². The summed E-state index contributed by atoms with van der Waals surface area (Å²) < 4.78 is 0. The van der Waals surface area contributed by atoms with Gasteiger partial charge in [0.1, 0.15) is 6.29 Å². The van der Waals surface area contributed by atoms with Gasteiger partial charge in [-0.25, -0.2) is 0 Å². The van der Waals surface area contributed by atoms with Crippen molar-refractivity contribution in [2.45, 2.75) is 44.2 Å². The van der Waals surface area contributed by atoms with Gasteiger partial charge in [-0.3, -0.25) is 4.79 Å². The summed E-state index contributed by atoms with van der Waals surface area (Å²) in [6.45, 7) is 1.51. The van der Waals surface area contributed by atoms with Gasteiger partial charge in [-0.05, 0) is 45.2 Å². The van der Waals surface area contributed by atoms with Gasteiger partial charge >= 0.3 is 0 Å². The first-order chi connectivity index (χ1) is 7.77. The number of carbonyl (C=O) groups is 2. The first-order valence-corrected chi connectivity index (χ1v) is 5.97. The zero-order valence-corrected chi connectivity index (χ0v) is 9.58. The highest BCUT2D eigenvalue weighted by atomic mass is 16.2. The molecule has 1 amide bonds. The third kappa shape index (κ3) is 4.28. The molecule has 0 saturated carbocycles. The summed E-state index contributed by atoms with van der Waals surface area (Å²) in [4.78, 5) is 22.5. The fourth-order valence-corrected chi connectivity index (χ4v) is 1.87. The number of carbonyl (C=O) groups excluding carboxylic acids is 2. The number of nitrogens with one attached hydrogen (secondary N) is 2. The van der Waals surface area contributed by atoms with E-state index in [1.54, 1.807) is 0 Å². The van der Waals surface area contributed by atoms with E-state index in [9.17, 15) is 9.59 Å². The molecule has 2 atom stereocenters. The fourth-order valence-electron chi connectivity index (χ4n) is 1.87. The van der Waals surface area contributed by atoms with Crippen molar-refractivity contribution < 1.29 is 9.59 Å². The second-order valence-corrected chi connectivity index (χ2v) is 4.18. The molecule has 0 bridgehead atoms. The molecule has 92 valence electrons. The second kappa shape index (κ2) is 7.35. The Kier molecular flexibility index (Phi) is 6.03. The van der Waals surface area contributed by atoms with Crippen LogP contribution in [0.3, 0.4) is 0 Å². The predicted octanol–water partition coefficient (Wildman–Crippen LogP) is -0.449. The average Bonchev–Trinajstić information content (AvgIpc) is 2.81. The van der Waals surface area contributed by atoms with Crippen LogP contribution >= 0.6 is 0 Å². The van der Waals surface area contributed by atoms with Crippen LogP contribution in [0.5, 0.6) is 0 Å². The van der Waals surface area contributed by atoms with E-state index in [2.05, 4.69) is 10.6 Å². The molecule has 0 aromatic heterocycles. The quantitative estimate of drug-likeness (QED) is 0.406. The SMILES string of the molecule is NCCCC[C@@H](C=O)NC(=O)[C@@H]1CCCN1. The number of hydrogen-bond donors (Lipinski definition) is 3. The monoisotopic (exact) mass is 227 g/mol. The minimum atomic E-state index is -0.360. The summed E-state index contributed by atoms with van der Waals surface area (Å²) in [6, 6.07) is -0.474. The topological polar surface area (TPSA) is 84.2 Å². The normalized spacial score (nSPS) is 21.7. The standard InChI is InChI=1S/C11H21N3O2/c12-6-2-1-4-9(8-15)14-11(16)10-5-3-7-13-10/h8-10,13H,1-7,12H2,(H,14,16)/t9-,10-/m0/s1. The Bertz CT molecular complexity index is 227. The van der Waals surface area contributed by atoms with Crippen LogP contribution in [-0.2, 0) is 9.59 Å². The van der Waals surface area contributed by atoms with Crippen LogP contribution in [0.1, 0.15) is 32.1 Å². The Balaban J connectivity index is 2.25. The Morgan fingerprint density at radius 3 is 2.94 bits per heavy atom. The molecule has 5 heteroatoms. The second-order valence-electron chi connectivity index (χ2n) is 4.18. The molecule has 5 nitrogen and oxygen atoms in total. The average molecular weight is 227 g/mol. The summed E-state index contributed by atoms with van der Waals surface area (Å²) in [6.07, 6.45) is 5.14. The van der Waals surface area contributed by atoms with Gasteiger partial charge in [-0.2, -0.15) is 0 Å². The van der Waals surface area contributed by atoms with Crippen molar-refractivity contribution in [2.24, 2.45) is 5.73 Å². The lowest BCUT2D eigenvalue weighted by atomic mass is 10.1. The summed E-state index contributed by atoms with van der Waals surface area (Å²) in [5, 5.41) is 5.86. The molecule has 0 aromatic rings. The Hall–Kier alpha value is -0.940. The number of unbranched alkanes of at least 4 members (excludes halogenated alkanes) is 1. The first kappa shape index (κ1) is 13.1. The molecule has 1 rings (SSSR count). The zero-order valence-electron chi connectivity index (χ0n) is 9.58. The molecule has 1 heterocycles. The minimum absolute atomic E-state index is 0.0534. The van der Waals surface area contributed by atoms with Crippen molar-refractivity contribution in [3.05, 3.63) is 0 Å².